The first kappa shape index (κ1) is 24.2. The van der Waals surface area contributed by atoms with E-state index in [1.165, 1.54) is 6.08 Å². The molecule has 1 N–H and O–H groups in total. The van der Waals surface area contributed by atoms with E-state index in [0.717, 1.165) is 26.2 Å². The largest absolute Gasteiger partial charge is 0.490 e. The van der Waals surface area contributed by atoms with E-state index >= 15 is 0 Å². The van der Waals surface area contributed by atoms with Crippen molar-refractivity contribution in [3.8, 4) is 11.5 Å². The van der Waals surface area contributed by atoms with Gasteiger partial charge in [-0.15, -0.1) is 0 Å². The number of carbonyl (C=O) groups excluding carboxylic acids is 3. The van der Waals surface area contributed by atoms with Gasteiger partial charge in [-0.2, -0.15) is 0 Å². The van der Waals surface area contributed by atoms with Crippen LogP contribution in [0.3, 0.4) is 0 Å². The molecule has 7 nitrogen and oxygen atoms in total. The summed E-state index contributed by atoms with van der Waals surface area (Å²) >= 11 is 3.42. The van der Waals surface area contributed by atoms with E-state index < -0.39 is 17.8 Å². The van der Waals surface area contributed by atoms with Crippen LogP contribution in [0.25, 0.3) is 6.08 Å². The lowest BCUT2D eigenvalue weighted by Crippen LogP contribution is -2.54. The van der Waals surface area contributed by atoms with Gasteiger partial charge in [0, 0.05) is 10.0 Å². The van der Waals surface area contributed by atoms with Crippen molar-refractivity contribution >= 4 is 45.5 Å². The third kappa shape index (κ3) is 5.78. The molecule has 0 radical (unpaired) electrons. The lowest BCUT2D eigenvalue weighted by molar-refractivity contribution is -0.122. The summed E-state index contributed by atoms with van der Waals surface area (Å²) in [5.74, 6) is -0.272. The summed E-state index contributed by atoms with van der Waals surface area (Å²) in [7, 11) is 0. The molecular formula is C27H23BrN2O5. The maximum Gasteiger partial charge on any atom is 0.335 e. The molecule has 3 aromatic carbocycles. The quantitative estimate of drug-likeness (QED) is 0.256. The Morgan fingerprint density at radius 1 is 0.886 bits per heavy atom. The molecule has 0 spiro atoms. The number of carbonyl (C=O) groups is 3. The summed E-state index contributed by atoms with van der Waals surface area (Å²) in [6.45, 7) is 4.42. The van der Waals surface area contributed by atoms with Gasteiger partial charge in [-0.05, 0) is 68.0 Å². The SMILES string of the molecule is Cc1ccc(OCCOc2ccc(Br)cc2/C=C2\C(=O)NC(=O)N(c3cccc(C)c3)C2=O)cc1. The number of aryl methyl sites for hydroxylation is 2. The molecule has 0 aliphatic carbocycles. The molecular weight excluding hydrogens is 512 g/mol. The highest BCUT2D eigenvalue weighted by Gasteiger charge is 2.37. The average Bonchev–Trinajstić information content (AvgIpc) is 2.81. The number of anilines is 1. The van der Waals surface area contributed by atoms with Crippen molar-refractivity contribution in [2.24, 2.45) is 0 Å². The Bertz CT molecular complexity index is 1320. The van der Waals surface area contributed by atoms with E-state index in [1.807, 2.05) is 44.2 Å². The standard InChI is InChI=1S/C27H23BrN2O5/c1-17-6-9-22(10-7-17)34-12-13-35-24-11-8-20(28)15-19(24)16-23-25(31)29-27(33)30(26(23)32)21-5-3-4-18(2)14-21/h3-11,14-16H,12-13H2,1-2H3,(H,29,31,33)/b23-16+. The fourth-order valence-electron chi connectivity index (χ4n) is 3.52. The van der Waals surface area contributed by atoms with Gasteiger partial charge in [0.15, 0.2) is 0 Å². The van der Waals surface area contributed by atoms with Gasteiger partial charge in [-0.1, -0.05) is 45.8 Å². The molecule has 0 atom stereocenters. The minimum absolute atomic E-state index is 0.176. The lowest BCUT2D eigenvalue weighted by atomic mass is 10.1. The topological polar surface area (TPSA) is 84.9 Å². The Kier molecular flexibility index (Phi) is 7.31. The van der Waals surface area contributed by atoms with Crippen LogP contribution in [0, 0.1) is 13.8 Å². The summed E-state index contributed by atoms with van der Waals surface area (Å²) in [6.07, 6.45) is 1.42. The number of nitrogens with zero attached hydrogens (tertiary/aromatic N) is 1. The van der Waals surface area contributed by atoms with Crippen LogP contribution >= 0.6 is 15.9 Å². The van der Waals surface area contributed by atoms with Crippen LogP contribution in [0.5, 0.6) is 11.5 Å². The van der Waals surface area contributed by atoms with Gasteiger partial charge in [0.05, 0.1) is 5.69 Å². The fourth-order valence-corrected chi connectivity index (χ4v) is 3.90. The van der Waals surface area contributed by atoms with E-state index in [9.17, 15) is 14.4 Å². The van der Waals surface area contributed by atoms with Crippen molar-refractivity contribution in [3.05, 3.63) is 93.5 Å². The fraction of sp³-hybridized carbons (Fsp3) is 0.148. The molecule has 1 aliphatic heterocycles. The van der Waals surface area contributed by atoms with Gasteiger partial charge in [-0.25, -0.2) is 9.69 Å². The first-order chi connectivity index (χ1) is 16.8. The van der Waals surface area contributed by atoms with Crippen molar-refractivity contribution in [2.45, 2.75) is 13.8 Å². The number of imide groups is 2. The average molecular weight is 535 g/mol. The van der Waals surface area contributed by atoms with Gasteiger partial charge in [-0.3, -0.25) is 14.9 Å². The third-order valence-corrected chi connectivity index (χ3v) is 5.76. The number of barbiturate groups is 1. The second-order valence-electron chi connectivity index (χ2n) is 7.99. The zero-order valence-electron chi connectivity index (χ0n) is 19.2. The third-order valence-electron chi connectivity index (χ3n) is 5.26. The van der Waals surface area contributed by atoms with Gasteiger partial charge >= 0.3 is 6.03 Å². The summed E-state index contributed by atoms with van der Waals surface area (Å²) in [6, 6.07) is 19.1. The maximum atomic E-state index is 13.2. The molecule has 1 aliphatic rings. The monoisotopic (exact) mass is 534 g/mol. The van der Waals surface area contributed by atoms with Crippen LogP contribution in [-0.4, -0.2) is 31.1 Å². The number of hydrogen-bond acceptors (Lipinski definition) is 5. The first-order valence-electron chi connectivity index (χ1n) is 10.9. The predicted molar refractivity (Wildman–Crippen MR) is 136 cm³/mol. The zero-order chi connectivity index (χ0) is 24.9. The molecule has 35 heavy (non-hydrogen) atoms. The summed E-state index contributed by atoms with van der Waals surface area (Å²) < 4.78 is 12.3. The predicted octanol–water partition coefficient (Wildman–Crippen LogP) is 5.19. The Labute approximate surface area is 211 Å². The zero-order valence-corrected chi connectivity index (χ0v) is 20.8. The molecule has 4 amide bonds. The Morgan fingerprint density at radius 2 is 1.63 bits per heavy atom. The molecule has 0 bridgehead atoms. The van der Waals surface area contributed by atoms with E-state index in [4.69, 9.17) is 9.47 Å². The lowest BCUT2D eigenvalue weighted by Gasteiger charge is -2.26. The normalized spacial score (nSPS) is 14.8. The van der Waals surface area contributed by atoms with E-state index in [1.54, 1.807) is 36.4 Å². The number of urea groups is 1. The van der Waals surface area contributed by atoms with Gasteiger partial charge in [0.1, 0.15) is 30.3 Å². The Hall–Kier alpha value is -3.91. The molecule has 1 heterocycles. The number of ether oxygens (including phenoxy) is 2. The number of halogens is 1. The molecule has 0 unspecified atom stereocenters. The minimum Gasteiger partial charge on any atom is -0.490 e. The number of rotatable bonds is 7. The van der Waals surface area contributed by atoms with Crippen molar-refractivity contribution in [1.82, 2.24) is 5.32 Å². The number of amides is 4. The van der Waals surface area contributed by atoms with Crippen molar-refractivity contribution < 1.29 is 23.9 Å². The number of benzene rings is 3. The molecule has 1 saturated heterocycles. The van der Waals surface area contributed by atoms with Crippen molar-refractivity contribution in [1.29, 1.82) is 0 Å². The highest BCUT2D eigenvalue weighted by molar-refractivity contribution is 9.10. The second-order valence-corrected chi connectivity index (χ2v) is 8.90. The van der Waals surface area contributed by atoms with Crippen LogP contribution in [-0.2, 0) is 9.59 Å². The molecule has 1 fully saturated rings. The van der Waals surface area contributed by atoms with Crippen molar-refractivity contribution in [2.75, 3.05) is 18.1 Å². The molecule has 8 heteroatoms. The van der Waals surface area contributed by atoms with Crippen LogP contribution in [0.15, 0.2) is 76.8 Å². The summed E-state index contributed by atoms with van der Waals surface area (Å²) in [5, 5.41) is 2.24. The molecule has 178 valence electrons. The smallest absolute Gasteiger partial charge is 0.335 e. The molecule has 0 aromatic heterocycles. The van der Waals surface area contributed by atoms with Crippen LogP contribution < -0.4 is 19.7 Å². The maximum absolute atomic E-state index is 13.2. The minimum atomic E-state index is -0.790. The molecule has 3 aromatic rings. The molecule has 0 saturated carbocycles. The Morgan fingerprint density at radius 3 is 2.37 bits per heavy atom. The van der Waals surface area contributed by atoms with Crippen molar-refractivity contribution in [3.63, 3.8) is 0 Å². The van der Waals surface area contributed by atoms with Gasteiger partial charge in [0.2, 0.25) is 0 Å². The highest BCUT2D eigenvalue weighted by atomic mass is 79.9. The van der Waals surface area contributed by atoms with Crippen LogP contribution in [0.2, 0.25) is 0 Å². The van der Waals surface area contributed by atoms with Crippen LogP contribution in [0.4, 0.5) is 10.5 Å². The number of hydrogen-bond donors (Lipinski definition) is 1. The Balaban J connectivity index is 1.54. The van der Waals surface area contributed by atoms with E-state index in [0.29, 0.717) is 23.6 Å². The highest BCUT2D eigenvalue weighted by Crippen LogP contribution is 2.28. The molecule has 4 rings (SSSR count). The van der Waals surface area contributed by atoms with E-state index in [-0.39, 0.29) is 12.2 Å². The first-order valence-corrected chi connectivity index (χ1v) is 11.7. The summed E-state index contributed by atoms with van der Waals surface area (Å²) in [5.41, 5.74) is 2.73. The second kappa shape index (κ2) is 10.6. The van der Waals surface area contributed by atoms with E-state index in [2.05, 4.69) is 21.2 Å². The van der Waals surface area contributed by atoms with Gasteiger partial charge < -0.3 is 9.47 Å². The summed E-state index contributed by atoms with van der Waals surface area (Å²) in [4.78, 5) is 39.2. The van der Waals surface area contributed by atoms with Crippen LogP contribution in [0.1, 0.15) is 16.7 Å². The van der Waals surface area contributed by atoms with Gasteiger partial charge in [0.25, 0.3) is 11.8 Å². The number of nitrogens with one attached hydrogen (secondary N) is 1.